The van der Waals surface area contributed by atoms with E-state index in [1.165, 1.54) is 6.07 Å². The lowest BCUT2D eigenvalue weighted by atomic mass is 10.0. The van der Waals surface area contributed by atoms with Crippen LogP contribution in [-0.2, 0) is 20.3 Å². The van der Waals surface area contributed by atoms with E-state index < -0.39 is 9.05 Å². The third kappa shape index (κ3) is 2.23. The predicted octanol–water partition coefficient (Wildman–Crippen LogP) is 2.26. The maximum absolute atomic E-state index is 11.2. The number of aryl methyl sites for hydroxylation is 1. The van der Waals surface area contributed by atoms with Crippen LogP contribution in [0.3, 0.4) is 0 Å². The highest BCUT2D eigenvalue weighted by Gasteiger charge is 2.21. The van der Waals surface area contributed by atoms with Gasteiger partial charge in [0.2, 0.25) is 5.91 Å². The normalized spacial score (nSPS) is 15.5. The number of amides is 1. The highest BCUT2D eigenvalue weighted by molar-refractivity contribution is 9.10. The zero-order valence-electron chi connectivity index (χ0n) is 7.96. The smallest absolute Gasteiger partial charge is 0.262 e. The molecule has 4 nitrogen and oxygen atoms in total. The Bertz CT molecular complexity index is 570. The van der Waals surface area contributed by atoms with Gasteiger partial charge < -0.3 is 5.32 Å². The number of rotatable bonds is 1. The van der Waals surface area contributed by atoms with Gasteiger partial charge in [-0.1, -0.05) is 0 Å². The molecule has 2 rings (SSSR count). The fourth-order valence-corrected chi connectivity index (χ4v) is 3.81. The van der Waals surface area contributed by atoms with Gasteiger partial charge in [-0.05, 0) is 40.0 Å². The molecule has 86 valence electrons. The second-order valence-corrected chi connectivity index (χ2v) is 6.81. The highest BCUT2D eigenvalue weighted by Crippen LogP contribution is 2.33. The maximum atomic E-state index is 11.2. The van der Waals surface area contributed by atoms with Gasteiger partial charge in [0.1, 0.15) is 0 Å². The molecule has 1 aromatic carbocycles. The quantitative estimate of drug-likeness (QED) is 0.806. The Kier molecular flexibility index (Phi) is 2.98. The Hall–Kier alpha value is -0.590. The third-order valence-electron chi connectivity index (χ3n) is 2.32. The summed E-state index contributed by atoms with van der Waals surface area (Å²) in [5, 5.41) is 2.62. The van der Waals surface area contributed by atoms with Crippen molar-refractivity contribution in [2.75, 3.05) is 5.32 Å². The standard InChI is InChI=1S/C9H7BrClNO3S/c10-6-3-5-1-2-9(13)12-7(5)4-8(6)16(11,14)15/h3-4H,1-2H2,(H,12,13). The summed E-state index contributed by atoms with van der Waals surface area (Å²) in [6.07, 6.45) is 1.01. The summed E-state index contributed by atoms with van der Waals surface area (Å²) in [6, 6.07) is 3.04. The fourth-order valence-electron chi connectivity index (χ4n) is 1.57. The number of carbonyl (C=O) groups is 1. The lowest BCUT2D eigenvalue weighted by Crippen LogP contribution is -2.19. The van der Waals surface area contributed by atoms with Crippen molar-refractivity contribution in [1.82, 2.24) is 0 Å². The summed E-state index contributed by atoms with van der Waals surface area (Å²) in [6.45, 7) is 0. The molecule has 0 aliphatic carbocycles. The van der Waals surface area contributed by atoms with Crippen LogP contribution < -0.4 is 5.32 Å². The minimum atomic E-state index is -3.81. The van der Waals surface area contributed by atoms with E-state index in [-0.39, 0.29) is 10.8 Å². The molecule has 1 aromatic rings. The lowest BCUT2D eigenvalue weighted by molar-refractivity contribution is -0.116. The number of halogens is 2. The number of nitrogens with one attached hydrogen (secondary N) is 1. The zero-order chi connectivity index (χ0) is 11.9. The third-order valence-corrected chi connectivity index (χ3v) is 4.60. The lowest BCUT2D eigenvalue weighted by Gasteiger charge is -2.17. The van der Waals surface area contributed by atoms with Crippen molar-refractivity contribution < 1.29 is 13.2 Å². The van der Waals surface area contributed by atoms with Gasteiger partial charge in [-0.2, -0.15) is 0 Å². The Morgan fingerprint density at radius 2 is 2.00 bits per heavy atom. The second kappa shape index (κ2) is 4.01. The first-order valence-electron chi connectivity index (χ1n) is 4.45. The van der Waals surface area contributed by atoms with Crippen LogP contribution >= 0.6 is 26.6 Å². The minimum Gasteiger partial charge on any atom is -0.326 e. The molecule has 0 unspecified atom stereocenters. The maximum Gasteiger partial charge on any atom is 0.262 e. The molecule has 0 saturated carbocycles. The van der Waals surface area contributed by atoms with Crippen LogP contribution in [0.25, 0.3) is 0 Å². The number of fused-ring (bicyclic) bond motifs is 1. The SMILES string of the molecule is O=C1CCc2cc(Br)c(S(=O)(=O)Cl)cc2N1. The van der Waals surface area contributed by atoms with E-state index in [2.05, 4.69) is 21.2 Å². The van der Waals surface area contributed by atoms with Gasteiger partial charge in [0.05, 0.1) is 4.90 Å². The molecule has 0 bridgehead atoms. The van der Waals surface area contributed by atoms with E-state index in [1.54, 1.807) is 6.07 Å². The Balaban J connectivity index is 2.60. The zero-order valence-corrected chi connectivity index (χ0v) is 11.1. The van der Waals surface area contributed by atoms with Crippen molar-refractivity contribution in [3.8, 4) is 0 Å². The number of anilines is 1. The summed E-state index contributed by atoms with van der Waals surface area (Å²) in [7, 11) is 1.46. The first kappa shape index (κ1) is 11.9. The molecule has 0 aromatic heterocycles. The van der Waals surface area contributed by atoms with E-state index >= 15 is 0 Å². The summed E-state index contributed by atoms with van der Waals surface area (Å²) in [5.74, 6) is -0.118. The van der Waals surface area contributed by atoms with Crippen LogP contribution in [0.4, 0.5) is 5.69 Å². The van der Waals surface area contributed by atoms with Crippen molar-refractivity contribution in [3.63, 3.8) is 0 Å². The molecule has 1 amide bonds. The molecule has 16 heavy (non-hydrogen) atoms. The molecule has 1 aliphatic rings. The van der Waals surface area contributed by atoms with Crippen molar-refractivity contribution in [3.05, 3.63) is 22.2 Å². The van der Waals surface area contributed by atoms with Gasteiger partial charge in [-0.25, -0.2) is 8.42 Å². The summed E-state index contributed by atoms with van der Waals surface area (Å²) in [4.78, 5) is 11.1. The van der Waals surface area contributed by atoms with Crippen molar-refractivity contribution in [2.24, 2.45) is 0 Å². The van der Waals surface area contributed by atoms with Crippen molar-refractivity contribution >= 4 is 47.3 Å². The minimum absolute atomic E-state index is 0.0323. The Labute approximate surface area is 106 Å². The van der Waals surface area contributed by atoms with E-state index in [0.717, 1.165) is 5.56 Å². The number of carbonyl (C=O) groups excluding carboxylic acids is 1. The topological polar surface area (TPSA) is 63.2 Å². The summed E-state index contributed by atoms with van der Waals surface area (Å²) < 4.78 is 22.9. The molecule has 0 atom stereocenters. The molecule has 0 spiro atoms. The molecule has 1 aliphatic heterocycles. The van der Waals surface area contributed by atoms with Crippen molar-refractivity contribution in [1.29, 1.82) is 0 Å². The summed E-state index contributed by atoms with van der Waals surface area (Å²) in [5.41, 5.74) is 1.41. The van der Waals surface area contributed by atoms with Crippen molar-refractivity contribution in [2.45, 2.75) is 17.7 Å². The number of hydrogen-bond acceptors (Lipinski definition) is 3. The monoisotopic (exact) mass is 323 g/mol. The molecular formula is C9H7BrClNO3S. The molecule has 7 heteroatoms. The molecule has 1 N–H and O–H groups in total. The average Bonchev–Trinajstić information content (AvgIpc) is 2.16. The highest BCUT2D eigenvalue weighted by atomic mass is 79.9. The van der Waals surface area contributed by atoms with Gasteiger partial charge in [-0.3, -0.25) is 4.79 Å². The van der Waals surface area contributed by atoms with E-state index in [1.807, 2.05) is 0 Å². The van der Waals surface area contributed by atoms with Crippen LogP contribution in [0, 0.1) is 0 Å². The second-order valence-electron chi connectivity index (χ2n) is 3.43. The van der Waals surface area contributed by atoms with Crippen LogP contribution in [-0.4, -0.2) is 14.3 Å². The largest absolute Gasteiger partial charge is 0.326 e. The fraction of sp³-hybridized carbons (Fsp3) is 0.222. The number of hydrogen-bond donors (Lipinski definition) is 1. The van der Waals surface area contributed by atoms with Gasteiger partial charge in [-0.15, -0.1) is 0 Å². The average molecular weight is 325 g/mol. The van der Waals surface area contributed by atoms with Crippen LogP contribution in [0.2, 0.25) is 0 Å². The van der Waals surface area contributed by atoms with Crippen LogP contribution in [0.1, 0.15) is 12.0 Å². The first-order chi connectivity index (χ1) is 7.38. The molecule has 0 saturated heterocycles. The van der Waals surface area contributed by atoms with E-state index in [0.29, 0.717) is 23.0 Å². The molecular weight excluding hydrogens is 318 g/mol. The van der Waals surface area contributed by atoms with Gasteiger partial charge in [0.25, 0.3) is 9.05 Å². The molecule has 0 radical (unpaired) electrons. The molecule has 1 heterocycles. The van der Waals surface area contributed by atoms with Gasteiger partial charge in [0, 0.05) is 27.3 Å². The van der Waals surface area contributed by atoms with E-state index in [9.17, 15) is 13.2 Å². The van der Waals surface area contributed by atoms with E-state index in [4.69, 9.17) is 10.7 Å². The first-order valence-corrected chi connectivity index (χ1v) is 7.55. The molecule has 0 fully saturated rings. The Morgan fingerprint density at radius 3 is 2.62 bits per heavy atom. The van der Waals surface area contributed by atoms with Gasteiger partial charge >= 0.3 is 0 Å². The van der Waals surface area contributed by atoms with Gasteiger partial charge in [0.15, 0.2) is 0 Å². The Morgan fingerprint density at radius 1 is 1.31 bits per heavy atom. The summed E-state index contributed by atoms with van der Waals surface area (Å²) >= 11 is 3.15. The van der Waals surface area contributed by atoms with Crippen LogP contribution in [0.5, 0.6) is 0 Å². The number of benzene rings is 1. The predicted molar refractivity (Wildman–Crippen MR) is 64.1 cm³/mol. The van der Waals surface area contributed by atoms with Crippen LogP contribution in [0.15, 0.2) is 21.5 Å².